The molecule has 2 aromatic carbocycles. The normalized spacial score (nSPS) is 15.4. The van der Waals surface area contributed by atoms with Gasteiger partial charge in [-0.05, 0) is 37.1 Å². The van der Waals surface area contributed by atoms with E-state index in [1.54, 1.807) is 12.1 Å². The zero-order chi connectivity index (χ0) is 20.9. The Labute approximate surface area is 169 Å². The van der Waals surface area contributed by atoms with E-state index in [1.165, 1.54) is 40.7 Å². The molecule has 1 heterocycles. The quantitative estimate of drug-likeness (QED) is 0.420. The molecule has 0 aliphatic carbocycles. The second kappa shape index (κ2) is 9.15. The van der Waals surface area contributed by atoms with Gasteiger partial charge in [0, 0.05) is 36.5 Å². The topological polar surface area (TPSA) is 110 Å². The zero-order valence-electron chi connectivity index (χ0n) is 15.9. The van der Waals surface area contributed by atoms with Crippen molar-refractivity contribution in [1.82, 2.24) is 4.31 Å². The van der Waals surface area contributed by atoms with Crippen LogP contribution in [0.5, 0.6) is 0 Å². The molecular formula is C20H23N3O5S. The van der Waals surface area contributed by atoms with Crippen molar-refractivity contribution in [3.05, 3.63) is 64.2 Å². The molecule has 8 nitrogen and oxygen atoms in total. The van der Waals surface area contributed by atoms with Crippen molar-refractivity contribution in [3.63, 3.8) is 0 Å². The summed E-state index contributed by atoms with van der Waals surface area (Å²) in [5.41, 5.74) is 0.834. The van der Waals surface area contributed by atoms with Gasteiger partial charge in [0.25, 0.3) is 5.69 Å². The number of nitro benzene ring substituents is 1. The molecule has 154 valence electrons. The summed E-state index contributed by atoms with van der Waals surface area (Å²) in [6.07, 6.45) is 3.74. The predicted octanol–water partition coefficient (Wildman–Crippen LogP) is 3.45. The fourth-order valence-electron chi connectivity index (χ4n) is 3.25. The molecule has 0 saturated carbocycles. The molecule has 1 aliphatic rings. The third kappa shape index (κ3) is 5.18. The molecule has 0 aromatic heterocycles. The average Bonchev–Trinajstić information content (AvgIpc) is 3.02. The molecule has 0 radical (unpaired) electrons. The Morgan fingerprint density at radius 3 is 2.31 bits per heavy atom. The van der Waals surface area contributed by atoms with Gasteiger partial charge < -0.3 is 5.32 Å². The smallest absolute Gasteiger partial charge is 0.269 e. The number of hydrogen-bond acceptors (Lipinski definition) is 6. The maximum atomic E-state index is 12.9. The Morgan fingerprint density at radius 2 is 1.69 bits per heavy atom. The average molecular weight is 417 g/mol. The van der Waals surface area contributed by atoms with Crippen LogP contribution in [-0.4, -0.2) is 43.1 Å². The monoisotopic (exact) mass is 417 g/mol. The molecule has 1 aliphatic heterocycles. The SMILES string of the molecule is O=C(CNc1ccc([N+](=O)[O-])cc1)c1cccc(S(=O)(=O)N2CCCCCC2)c1. The fourth-order valence-corrected chi connectivity index (χ4v) is 4.81. The van der Waals surface area contributed by atoms with Crippen LogP contribution in [0.4, 0.5) is 11.4 Å². The van der Waals surface area contributed by atoms with E-state index in [1.807, 2.05) is 0 Å². The minimum Gasteiger partial charge on any atom is -0.378 e. The van der Waals surface area contributed by atoms with Crippen molar-refractivity contribution < 1.29 is 18.1 Å². The highest BCUT2D eigenvalue weighted by Crippen LogP contribution is 2.21. The molecule has 0 spiro atoms. The van der Waals surface area contributed by atoms with E-state index in [0.717, 1.165) is 25.7 Å². The zero-order valence-corrected chi connectivity index (χ0v) is 16.7. The van der Waals surface area contributed by atoms with Crippen LogP contribution in [0.2, 0.25) is 0 Å². The molecule has 1 saturated heterocycles. The van der Waals surface area contributed by atoms with Crippen LogP contribution >= 0.6 is 0 Å². The number of carbonyl (C=O) groups excluding carboxylic acids is 1. The van der Waals surface area contributed by atoms with Crippen molar-refractivity contribution in [2.75, 3.05) is 25.0 Å². The third-order valence-corrected chi connectivity index (χ3v) is 6.78. The van der Waals surface area contributed by atoms with Gasteiger partial charge in [0.2, 0.25) is 10.0 Å². The molecule has 29 heavy (non-hydrogen) atoms. The Morgan fingerprint density at radius 1 is 1.03 bits per heavy atom. The van der Waals surface area contributed by atoms with E-state index < -0.39 is 14.9 Å². The van der Waals surface area contributed by atoms with Gasteiger partial charge in [-0.1, -0.05) is 25.0 Å². The largest absolute Gasteiger partial charge is 0.378 e. The number of sulfonamides is 1. The van der Waals surface area contributed by atoms with E-state index in [0.29, 0.717) is 24.3 Å². The van der Waals surface area contributed by atoms with E-state index in [9.17, 15) is 23.3 Å². The lowest BCUT2D eigenvalue weighted by Crippen LogP contribution is -2.32. The Kier molecular flexibility index (Phi) is 6.60. The number of non-ortho nitro benzene ring substituents is 1. The lowest BCUT2D eigenvalue weighted by molar-refractivity contribution is -0.384. The molecule has 0 amide bonds. The second-order valence-electron chi connectivity index (χ2n) is 6.93. The molecule has 0 atom stereocenters. The first-order chi connectivity index (χ1) is 13.9. The van der Waals surface area contributed by atoms with E-state index >= 15 is 0 Å². The predicted molar refractivity (Wildman–Crippen MR) is 110 cm³/mol. The number of hydrogen-bond donors (Lipinski definition) is 1. The first kappa shape index (κ1) is 20.9. The fraction of sp³-hybridized carbons (Fsp3) is 0.350. The molecule has 1 fully saturated rings. The van der Waals surface area contributed by atoms with Gasteiger partial charge in [0.1, 0.15) is 0 Å². The Balaban J connectivity index is 1.69. The van der Waals surface area contributed by atoms with Gasteiger partial charge in [-0.15, -0.1) is 0 Å². The standard InChI is InChI=1S/C20H23N3O5S/c24-20(15-21-17-8-10-18(11-9-17)23(25)26)16-6-5-7-19(14-16)29(27,28)22-12-3-1-2-4-13-22/h5-11,14,21H,1-4,12-13,15H2. The van der Waals surface area contributed by atoms with Gasteiger partial charge in [-0.2, -0.15) is 4.31 Å². The van der Waals surface area contributed by atoms with Crippen LogP contribution in [0.1, 0.15) is 36.0 Å². The summed E-state index contributed by atoms with van der Waals surface area (Å²) in [6, 6.07) is 11.8. The lowest BCUT2D eigenvalue weighted by Gasteiger charge is -2.20. The van der Waals surface area contributed by atoms with E-state index in [4.69, 9.17) is 0 Å². The highest BCUT2D eigenvalue weighted by Gasteiger charge is 2.25. The lowest BCUT2D eigenvalue weighted by atomic mass is 10.1. The molecule has 3 rings (SSSR count). The summed E-state index contributed by atoms with van der Waals surface area (Å²) in [7, 11) is -3.62. The highest BCUT2D eigenvalue weighted by molar-refractivity contribution is 7.89. The van der Waals surface area contributed by atoms with Gasteiger partial charge in [0.05, 0.1) is 16.4 Å². The second-order valence-corrected chi connectivity index (χ2v) is 8.86. The maximum Gasteiger partial charge on any atom is 0.269 e. The van der Waals surface area contributed by atoms with Crippen molar-refractivity contribution in [2.24, 2.45) is 0 Å². The number of Topliss-reactive ketones (excluding diaryl/α,β-unsaturated/α-hetero) is 1. The van der Waals surface area contributed by atoms with Crippen LogP contribution in [0.3, 0.4) is 0 Å². The number of carbonyl (C=O) groups is 1. The van der Waals surface area contributed by atoms with Gasteiger partial charge in [-0.25, -0.2) is 8.42 Å². The number of nitro groups is 1. The number of anilines is 1. The minimum atomic E-state index is -3.62. The van der Waals surface area contributed by atoms with E-state index in [2.05, 4.69) is 5.32 Å². The van der Waals surface area contributed by atoms with Crippen molar-refractivity contribution in [1.29, 1.82) is 0 Å². The van der Waals surface area contributed by atoms with Crippen molar-refractivity contribution in [2.45, 2.75) is 30.6 Å². The molecule has 1 N–H and O–H groups in total. The summed E-state index contributed by atoms with van der Waals surface area (Å²) < 4.78 is 27.3. The summed E-state index contributed by atoms with van der Waals surface area (Å²) in [5, 5.41) is 13.6. The first-order valence-corrected chi connectivity index (χ1v) is 10.9. The van der Waals surface area contributed by atoms with Crippen LogP contribution in [0.25, 0.3) is 0 Å². The summed E-state index contributed by atoms with van der Waals surface area (Å²) in [6.45, 7) is 0.954. The number of nitrogens with one attached hydrogen (secondary N) is 1. The number of ketones is 1. The molecule has 9 heteroatoms. The number of benzene rings is 2. The molecule has 0 unspecified atom stereocenters. The van der Waals surface area contributed by atoms with Crippen molar-refractivity contribution in [3.8, 4) is 0 Å². The highest BCUT2D eigenvalue weighted by atomic mass is 32.2. The van der Waals surface area contributed by atoms with Crippen LogP contribution in [0.15, 0.2) is 53.4 Å². The Hall–Kier alpha value is -2.78. The maximum absolute atomic E-state index is 12.9. The molecular weight excluding hydrogens is 394 g/mol. The number of nitrogens with zero attached hydrogens (tertiary/aromatic N) is 2. The van der Waals surface area contributed by atoms with Crippen LogP contribution in [0, 0.1) is 10.1 Å². The van der Waals surface area contributed by atoms with Gasteiger partial charge >= 0.3 is 0 Å². The van der Waals surface area contributed by atoms with Gasteiger partial charge in [0.15, 0.2) is 5.78 Å². The first-order valence-electron chi connectivity index (χ1n) is 9.50. The summed E-state index contributed by atoms with van der Waals surface area (Å²) in [5.74, 6) is -0.267. The Bertz CT molecular complexity index is 981. The van der Waals surface area contributed by atoms with Crippen LogP contribution in [-0.2, 0) is 10.0 Å². The minimum absolute atomic E-state index is 0.0340. The van der Waals surface area contributed by atoms with E-state index in [-0.39, 0.29) is 22.9 Å². The van der Waals surface area contributed by atoms with Crippen LogP contribution < -0.4 is 5.32 Å². The summed E-state index contributed by atoms with van der Waals surface area (Å²) in [4.78, 5) is 22.8. The molecule has 0 bridgehead atoms. The summed E-state index contributed by atoms with van der Waals surface area (Å²) >= 11 is 0. The third-order valence-electron chi connectivity index (χ3n) is 4.89. The molecule has 2 aromatic rings. The number of rotatable bonds is 7. The van der Waals surface area contributed by atoms with Crippen molar-refractivity contribution >= 4 is 27.2 Å². The van der Waals surface area contributed by atoms with Gasteiger partial charge in [-0.3, -0.25) is 14.9 Å².